The van der Waals surface area contributed by atoms with Gasteiger partial charge in [-0.1, -0.05) is 11.6 Å². The first-order valence-electron chi connectivity index (χ1n) is 9.99. The van der Waals surface area contributed by atoms with Crippen molar-refractivity contribution in [3.63, 3.8) is 0 Å². The standard InChI is InChI=1S/C22H15ClF4N4O5/c1-28-19(32)16-10-13(6-7-29-16)34-17-5-3-11(8-15(17)23)30-20(33)31-12-2-4-14-18(9-12)35-22(26,27)36-21(14,24)25/h2-10H,1H3,(H,28,32)(H2,30,31,33). The molecule has 9 nitrogen and oxygen atoms in total. The van der Waals surface area contributed by atoms with Crippen LogP contribution in [0.4, 0.5) is 33.7 Å². The van der Waals surface area contributed by atoms with Gasteiger partial charge in [-0.15, -0.1) is 8.78 Å². The number of alkyl halides is 4. The first-order valence-corrected chi connectivity index (χ1v) is 10.4. The topological polar surface area (TPSA) is 111 Å². The smallest absolute Gasteiger partial charge is 0.456 e. The first kappa shape index (κ1) is 25.0. The Bertz CT molecular complexity index is 1340. The molecule has 2 aromatic carbocycles. The Hall–Kier alpha value is -4.10. The minimum atomic E-state index is -4.54. The number of anilines is 2. The number of hydrogen-bond donors (Lipinski definition) is 3. The number of nitrogens with one attached hydrogen (secondary N) is 3. The Morgan fingerprint density at radius 3 is 2.39 bits per heavy atom. The maximum Gasteiger partial charge on any atom is 0.540 e. The zero-order valence-electron chi connectivity index (χ0n) is 18.1. The third kappa shape index (κ3) is 5.58. The monoisotopic (exact) mass is 526 g/mol. The van der Waals surface area contributed by atoms with Crippen molar-refractivity contribution in [2.45, 2.75) is 12.4 Å². The highest BCUT2D eigenvalue weighted by Crippen LogP contribution is 2.46. The molecule has 0 saturated heterocycles. The summed E-state index contributed by atoms with van der Waals surface area (Å²) in [4.78, 5) is 28.0. The average Bonchev–Trinajstić information content (AvgIpc) is 2.79. The zero-order chi connectivity index (χ0) is 26.1. The molecular formula is C22H15ClF4N4O5. The molecule has 1 aliphatic heterocycles. The van der Waals surface area contributed by atoms with Crippen LogP contribution in [0, 0.1) is 0 Å². The number of carbonyl (C=O) groups excluding carboxylic acids is 2. The molecule has 0 aliphatic carbocycles. The summed E-state index contributed by atoms with van der Waals surface area (Å²) < 4.78 is 67.1. The van der Waals surface area contributed by atoms with Gasteiger partial charge in [0, 0.05) is 36.8 Å². The van der Waals surface area contributed by atoms with Gasteiger partial charge in [0.05, 0.1) is 10.6 Å². The molecule has 0 unspecified atom stereocenters. The van der Waals surface area contributed by atoms with Gasteiger partial charge in [0.1, 0.15) is 22.9 Å². The van der Waals surface area contributed by atoms with Gasteiger partial charge in [-0.2, -0.15) is 8.78 Å². The van der Waals surface area contributed by atoms with E-state index in [1.54, 1.807) is 0 Å². The van der Waals surface area contributed by atoms with E-state index in [4.69, 9.17) is 16.3 Å². The number of benzene rings is 2. The molecule has 0 atom stereocenters. The molecule has 1 aliphatic rings. The third-order valence-electron chi connectivity index (χ3n) is 4.64. The van der Waals surface area contributed by atoms with Crippen LogP contribution in [0.1, 0.15) is 16.1 Å². The fourth-order valence-corrected chi connectivity index (χ4v) is 3.31. The zero-order valence-corrected chi connectivity index (χ0v) is 18.8. The highest BCUT2D eigenvalue weighted by atomic mass is 35.5. The summed E-state index contributed by atoms with van der Waals surface area (Å²) in [6, 6.07) is 9.04. The quantitative estimate of drug-likeness (QED) is 0.377. The Balaban J connectivity index is 1.43. The van der Waals surface area contributed by atoms with Crippen LogP contribution >= 0.6 is 11.6 Å². The Labute approximate surface area is 205 Å². The van der Waals surface area contributed by atoms with Gasteiger partial charge in [0.15, 0.2) is 0 Å². The van der Waals surface area contributed by atoms with E-state index in [1.807, 2.05) is 0 Å². The van der Waals surface area contributed by atoms with Crippen molar-refractivity contribution in [1.29, 1.82) is 0 Å². The van der Waals surface area contributed by atoms with Crippen molar-refractivity contribution in [1.82, 2.24) is 10.3 Å². The van der Waals surface area contributed by atoms with Crippen LogP contribution in [0.2, 0.25) is 5.02 Å². The lowest BCUT2D eigenvalue weighted by molar-refractivity contribution is -0.461. The van der Waals surface area contributed by atoms with Crippen LogP contribution in [0.5, 0.6) is 17.2 Å². The van der Waals surface area contributed by atoms with Crippen molar-refractivity contribution >= 4 is 34.9 Å². The molecule has 4 rings (SSSR count). The summed E-state index contributed by atoms with van der Waals surface area (Å²) >= 11 is 6.22. The fraction of sp³-hybridized carbons (Fsp3) is 0.136. The van der Waals surface area contributed by atoms with Crippen molar-refractivity contribution in [2.24, 2.45) is 0 Å². The molecule has 2 heterocycles. The summed E-state index contributed by atoms with van der Waals surface area (Å²) in [6.45, 7) is 0. The lowest BCUT2D eigenvalue weighted by atomic mass is 10.1. The second-order valence-corrected chi connectivity index (χ2v) is 7.58. The van der Waals surface area contributed by atoms with E-state index in [2.05, 4.69) is 30.4 Å². The van der Waals surface area contributed by atoms with Crippen molar-refractivity contribution in [2.75, 3.05) is 17.7 Å². The average molecular weight is 527 g/mol. The molecule has 3 N–H and O–H groups in total. The normalized spacial score (nSPS) is 15.2. The van der Waals surface area contributed by atoms with Crippen LogP contribution < -0.4 is 25.4 Å². The van der Waals surface area contributed by atoms with Gasteiger partial charge >= 0.3 is 18.4 Å². The SMILES string of the molecule is CNC(=O)c1cc(Oc2ccc(NC(=O)Nc3ccc4c(c3)OC(F)(F)OC4(F)F)cc2Cl)ccn1. The van der Waals surface area contributed by atoms with Gasteiger partial charge in [-0.3, -0.25) is 9.78 Å². The number of carbonyl (C=O) groups is 2. The van der Waals surface area contributed by atoms with Crippen molar-refractivity contribution < 1.29 is 41.4 Å². The molecule has 3 aromatic rings. The third-order valence-corrected chi connectivity index (χ3v) is 4.93. The summed E-state index contributed by atoms with van der Waals surface area (Å²) in [6.07, 6.45) is -7.44. The summed E-state index contributed by atoms with van der Waals surface area (Å²) in [5, 5.41) is 7.31. The molecule has 0 fully saturated rings. The van der Waals surface area contributed by atoms with E-state index >= 15 is 0 Å². The molecule has 0 saturated carbocycles. The minimum absolute atomic E-state index is 0.101. The van der Waals surface area contributed by atoms with Crippen LogP contribution in [-0.4, -0.2) is 30.3 Å². The van der Waals surface area contributed by atoms with Gasteiger partial charge in [-0.25, -0.2) is 9.53 Å². The van der Waals surface area contributed by atoms with Crippen molar-refractivity contribution in [3.05, 3.63) is 71.0 Å². The largest absolute Gasteiger partial charge is 0.540 e. The van der Waals surface area contributed by atoms with Crippen LogP contribution in [-0.2, 0) is 10.8 Å². The number of ether oxygens (including phenoxy) is 3. The number of pyridine rings is 1. The van der Waals surface area contributed by atoms with Crippen LogP contribution in [0.25, 0.3) is 0 Å². The first-order chi connectivity index (χ1) is 17.0. The summed E-state index contributed by atoms with van der Waals surface area (Å²) in [7, 11) is 1.46. The summed E-state index contributed by atoms with van der Waals surface area (Å²) in [5.74, 6) is -0.750. The Kier molecular flexibility index (Phi) is 6.61. The van der Waals surface area contributed by atoms with E-state index in [-0.39, 0.29) is 27.8 Å². The fourth-order valence-electron chi connectivity index (χ4n) is 3.09. The number of amides is 3. The molecule has 14 heteroatoms. The molecule has 0 bridgehead atoms. The Morgan fingerprint density at radius 1 is 1.00 bits per heavy atom. The number of urea groups is 1. The van der Waals surface area contributed by atoms with Crippen molar-refractivity contribution in [3.8, 4) is 17.2 Å². The van der Waals surface area contributed by atoms with Crippen LogP contribution in [0.3, 0.4) is 0 Å². The Morgan fingerprint density at radius 2 is 1.69 bits per heavy atom. The van der Waals surface area contributed by atoms with Crippen LogP contribution in [0.15, 0.2) is 54.7 Å². The maximum absolute atomic E-state index is 13.7. The predicted octanol–water partition coefficient (Wildman–Crippen LogP) is 5.54. The van der Waals surface area contributed by atoms with E-state index in [0.717, 1.165) is 18.2 Å². The van der Waals surface area contributed by atoms with Gasteiger partial charge in [0.25, 0.3) is 5.91 Å². The minimum Gasteiger partial charge on any atom is -0.456 e. The number of hydrogen-bond acceptors (Lipinski definition) is 6. The molecule has 3 amide bonds. The maximum atomic E-state index is 13.7. The van der Waals surface area contributed by atoms with Gasteiger partial charge in [0.2, 0.25) is 0 Å². The number of halogens is 5. The number of nitrogens with zero attached hydrogens (tertiary/aromatic N) is 1. The second-order valence-electron chi connectivity index (χ2n) is 7.18. The lowest BCUT2D eigenvalue weighted by Gasteiger charge is -2.30. The molecule has 0 radical (unpaired) electrons. The molecular weight excluding hydrogens is 512 g/mol. The second kappa shape index (κ2) is 9.51. The molecule has 0 spiro atoms. The highest BCUT2D eigenvalue weighted by Gasteiger charge is 2.54. The van der Waals surface area contributed by atoms with Gasteiger partial charge in [-0.05, 0) is 36.4 Å². The highest BCUT2D eigenvalue weighted by molar-refractivity contribution is 6.32. The van der Waals surface area contributed by atoms with Gasteiger partial charge < -0.3 is 25.4 Å². The summed E-state index contributed by atoms with van der Waals surface area (Å²) in [5.41, 5.74) is -0.659. The molecule has 188 valence electrons. The van der Waals surface area contributed by atoms with E-state index in [0.29, 0.717) is 5.75 Å². The lowest BCUT2D eigenvalue weighted by Crippen LogP contribution is -2.41. The number of fused-ring (bicyclic) bond motifs is 1. The number of rotatable bonds is 5. The molecule has 1 aromatic heterocycles. The van der Waals surface area contributed by atoms with E-state index in [1.165, 1.54) is 43.6 Å². The van der Waals surface area contributed by atoms with E-state index in [9.17, 15) is 27.2 Å². The molecule has 36 heavy (non-hydrogen) atoms. The number of aromatic nitrogens is 1. The predicted molar refractivity (Wildman–Crippen MR) is 119 cm³/mol. The van der Waals surface area contributed by atoms with E-state index < -0.39 is 35.7 Å².